The van der Waals surface area contributed by atoms with Crippen molar-refractivity contribution in [3.8, 4) is 0 Å². The van der Waals surface area contributed by atoms with Crippen molar-refractivity contribution in [1.82, 2.24) is 10.2 Å². The van der Waals surface area contributed by atoms with Crippen molar-refractivity contribution in [2.24, 2.45) is 0 Å². The van der Waals surface area contributed by atoms with E-state index in [4.69, 9.17) is 0 Å². The molecule has 0 bridgehead atoms. The summed E-state index contributed by atoms with van der Waals surface area (Å²) in [5, 5.41) is 7.53. The predicted octanol–water partition coefficient (Wildman–Crippen LogP) is 1.50. The van der Waals surface area contributed by atoms with Gasteiger partial charge in [-0.2, -0.15) is 11.3 Å². The van der Waals surface area contributed by atoms with Crippen molar-refractivity contribution in [3.05, 3.63) is 22.4 Å². The average Bonchev–Trinajstić information content (AvgIpc) is 2.78. The van der Waals surface area contributed by atoms with E-state index in [-0.39, 0.29) is 0 Å². The number of rotatable bonds is 3. The molecule has 0 aliphatic carbocycles. The van der Waals surface area contributed by atoms with Crippen LogP contribution < -0.4 is 5.32 Å². The highest BCUT2D eigenvalue weighted by Gasteiger charge is 2.19. The first-order valence-corrected chi connectivity index (χ1v) is 6.72. The summed E-state index contributed by atoms with van der Waals surface area (Å²) < 4.78 is 0. The molecule has 4 heteroatoms. The van der Waals surface area contributed by atoms with Crippen molar-refractivity contribution in [2.45, 2.75) is 25.8 Å². The Morgan fingerprint density at radius 1 is 1.69 bits per heavy atom. The Bertz CT molecular complexity index is 337. The molecule has 1 aromatic heterocycles. The predicted molar refractivity (Wildman–Crippen MR) is 66.7 cm³/mol. The summed E-state index contributed by atoms with van der Waals surface area (Å²) in [7, 11) is 0. The lowest BCUT2D eigenvalue weighted by Gasteiger charge is -2.32. The van der Waals surface area contributed by atoms with Crippen LogP contribution >= 0.6 is 11.3 Å². The van der Waals surface area contributed by atoms with Gasteiger partial charge in [0.1, 0.15) is 0 Å². The number of aryl methyl sites for hydroxylation is 1. The SMILES string of the molecule is CC1CN(C(=O)CCc2ccsc2)CCN1. The normalized spacial score (nSPS) is 21.1. The van der Waals surface area contributed by atoms with Gasteiger partial charge >= 0.3 is 0 Å². The van der Waals surface area contributed by atoms with Crippen molar-refractivity contribution in [3.63, 3.8) is 0 Å². The molecule has 1 aliphatic heterocycles. The van der Waals surface area contributed by atoms with Crippen molar-refractivity contribution in [1.29, 1.82) is 0 Å². The molecule has 3 nitrogen and oxygen atoms in total. The van der Waals surface area contributed by atoms with Crippen LogP contribution in [-0.4, -0.2) is 36.5 Å². The molecule has 0 saturated carbocycles. The minimum atomic E-state index is 0.291. The van der Waals surface area contributed by atoms with E-state index in [9.17, 15) is 4.79 Å². The van der Waals surface area contributed by atoms with Gasteiger partial charge in [-0.1, -0.05) is 0 Å². The molecule has 1 atom stereocenters. The lowest BCUT2D eigenvalue weighted by molar-refractivity contribution is -0.132. The number of nitrogens with zero attached hydrogens (tertiary/aromatic N) is 1. The molecule has 1 fully saturated rings. The standard InChI is InChI=1S/C12H18N2OS/c1-10-8-14(6-5-13-10)12(15)3-2-11-4-7-16-9-11/h4,7,9-10,13H,2-3,5-6,8H2,1H3. The molecule has 16 heavy (non-hydrogen) atoms. The van der Waals surface area contributed by atoms with Gasteiger partial charge in [-0.3, -0.25) is 4.79 Å². The van der Waals surface area contributed by atoms with Gasteiger partial charge in [0.15, 0.2) is 0 Å². The topological polar surface area (TPSA) is 32.3 Å². The third-order valence-corrected chi connectivity index (χ3v) is 3.66. The third-order valence-electron chi connectivity index (χ3n) is 2.93. The highest BCUT2D eigenvalue weighted by Crippen LogP contribution is 2.10. The van der Waals surface area contributed by atoms with Gasteiger partial charge in [0.05, 0.1) is 0 Å². The molecule has 1 aliphatic rings. The van der Waals surface area contributed by atoms with Crippen LogP contribution in [-0.2, 0) is 11.2 Å². The van der Waals surface area contributed by atoms with E-state index in [0.717, 1.165) is 26.1 Å². The van der Waals surface area contributed by atoms with Crippen LogP contribution in [0.1, 0.15) is 18.9 Å². The maximum absolute atomic E-state index is 11.9. The molecular weight excluding hydrogens is 220 g/mol. The summed E-state index contributed by atoms with van der Waals surface area (Å²) in [4.78, 5) is 13.9. The van der Waals surface area contributed by atoms with E-state index in [1.807, 2.05) is 4.90 Å². The molecule has 88 valence electrons. The first kappa shape index (κ1) is 11.6. The van der Waals surface area contributed by atoms with E-state index in [0.29, 0.717) is 18.4 Å². The largest absolute Gasteiger partial charge is 0.340 e. The molecule has 2 rings (SSSR count). The fraction of sp³-hybridized carbons (Fsp3) is 0.583. The number of hydrogen-bond donors (Lipinski definition) is 1. The molecule has 2 heterocycles. The molecular formula is C12H18N2OS. The molecule has 0 aromatic carbocycles. The minimum Gasteiger partial charge on any atom is -0.340 e. The number of piperazine rings is 1. The highest BCUT2D eigenvalue weighted by atomic mass is 32.1. The van der Waals surface area contributed by atoms with Gasteiger partial charge in [-0.05, 0) is 35.7 Å². The third kappa shape index (κ3) is 3.06. The molecule has 1 aromatic rings. The molecule has 1 amide bonds. The first-order chi connectivity index (χ1) is 7.75. The second-order valence-corrected chi connectivity index (χ2v) is 5.11. The first-order valence-electron chi connectivity index (χ1n) is 5.78. The Labute approximate surface area is 100 Å². The summed E-state index contributed by atoms with van der Waals surface area (Å²) in [6.45, 7) is 4.75. The lowest BCUT2D eigenvalue weighted by atomic mass is 10.1. The van der Waals surface area contributed by atoms with Gasteiger partial charge in [0.25, 0.3) is 0 Å². The number of thiophene rings is 1. The van der Waals surface area contributed by atoms with Crippen LogP contribution in [0, 0.1) is 0 Å². The van der Waals surface area contributed by atoms with Crippen LogP contribution in [0.2, 0.25) is 0 Å². The zero-order chi connectivity index (χ0) is 11.4. The monoisotopic (exact) mass is 238 g/mol. The Hall–Kier alpha value is -0.870. The highest BCUT2D eigenvalue weighted by molar-refractivity contribution is 7.07. The summed E-state index contributed by atoms with van der Waals surface area (Å²) in [6.07, 6.45) is 1.52. The minimum absolute atomic E-state index is 0.291. The number of carbonyl (C=O) groups excluding carboxylic acids is 1. The molecule has 0 radical (unpaired) electrons. The molecule has 1 N–H and O–H groups in total. The molecule has 1 unspecified atom stereocenters. The van der Waals surface area contributed by atoms with Crippen LogP contribution in [0.4, 0.5) is 0 Å². The number of hydrogen-bond acceptors (Lipinski definition) is 3. The Morgan fingerprint density at radius 2 is 2.56 bits per heavy atom. The number of nitrogens with one attached hydrogen (secondary N) is 1. The average molecular weight is 238 g/mol. The Kier molecular flexibility index (Phi) is 3.96. The number of amides is 1. The van der Waals surface area contributed by atoms with E-state index in [1.165, 1.54) is 5.56 Å². The van der Waals surface area contributed by atoms with Gasteiger partial charge < -0.3 is 10.2 Å². The molecule has 1 saturated heterocycles. The van der Waals surface area contributed by atoms with Crippen LogP contribution in [0.15, 0.2) is 16.8 Å². The summed E-state index contributed by atoms with van der Waals surface area (Å²) >= 11 is 1.69. The van der Waals surface area contributed by atoms with Crippen molar-refractivity contribution >= 4 is 17.2 Å². The van der Waals surface area contributed by atoms with Gasteiger partial charge in [-0.25, -0.2) is 0 Å². The van der Waals surface area contributed by atoms with Gasteiger partial charge in [0.2, 0.25) is 5.91 Å². The quantitative estimate of drug-likeness (QED) is 0.865. The van der Waals surface area contributed by atoms with Crippen molar-refractivity contribution in [2.75, 3.05) is 19.6 Å². The Balaban J connectivity index is 1.79. The Morgan fingerprint density at radius 3 is 3.25 bits per heavy atom. The lowest BCUT2D eigenvalue weighted by Crippen LogP contribution is -2.51. The fourth-order valence-electron chi connectivity index (χ4n) is 2.00. The van der Waals surface area contributed by atoms with E-state index < -0.39 is 0 Å². The maximum atomic E-state index is 11.9. The van der Waals surface area contributed by atoms with Crippen LogP contribution in [0.25, 0.3) is 0 Å². The second-order valence-electron chi connectivity index (χ2n) is 4.33. The fourth-order valence-corrected chi connectivity index (χ4v) is 2.71. The maximum Gasteiger partial charge on any atom is 0.222 e. The summed E-state index contributed by atoms with van der Waals surface area (Å²) in [5.74, 6) is 0.291. The number of carbonyl (C=O) groups is 1. The van der Waals surface area contributed by atoms with Crippen LogP contribution in [0.3, 0.4) is 0 Å². The zero-order valence-electron chi connectivity index (χ0n) is 9.61. The van der Waals surface area contributed by atoms with E-state index in [2.05, 4.69) is 29.1 Å². The van der Waals surface area contributed by atoms with Crippen molar-refractivity contribution < 1.29 is 4.79 Å². The summed E-state index contributed by atoms with van der Waals surface area (Å²) in [6, 6.07) is 2.53. The van der Waals surface area contributed by atoms with E-state index in [1.54, 1.807) is 11.3 Å². The van der Waals surface area contributed by atoms with Crippen LogP contribution in [0.5, 0.6) is 0 Å². The second kappa shape index (κ2) is 5.46. The van der Waals surface area contributed by atoms with Gasteiger partial charge in [-0.15, -0.1) is 0 Å². The van der Waals surface area contributed by atoms with Gasteiger partial charge in [0, 0.05) is 32.1 Å². The summed E-state index contributed by atoms with van der Waals surface area (Å²) in [5.41, 5.74) is 1.28. The smallest absolute Gasteiger partial charge is 0.222 e. The molecule has 0 spiro atoms. The zero-order valence-corrected chi connectivity index (χ0v) is 10.4. The van der Waals surface area contributed by atoms with E-state index >= 15 is 0 Å².